The van der Waals surface area contributed by atoms with E-state index in [1.165, 1.54) is 5.56 Å². The molecule has 100 valence electrons. The van der Waals surface area contributed by atoms with Crippen molar-refractivity contribution in [3.63, 3.8) is 0 Å². The van der Waals surface area contributed by atoms with Crippen molar-refractivity contribution in [2.45, 2.75) is 31.7 Å². The molecule has 0 spiro atoms. The minimum atomic E-state index is 0.0128. The Labute approximate surface area is 113 Å². The predicted molar refractivity (Wildman–Crippen MR) is 75.8 cm³/mol. The highest BCUT2D eigenvalue weighted by Crippen LogP contribution is 2.22. The molecule has 1 amide bonds. The first kappa shape index (κ1) is 15.1. The molecule has 0 aliphatic heterocycles. The summed E-state index contributed by atoms with van der Waals surface area (Å²) in [5, 5.41) is 8.96. The maximum atomic E-state index is 12.1. The summed E-state index contributed by atoms with van der Waals surface area (Å²) in [4.78, 5) is 14.9. The molecule has 0 aromatic heterocycles. The first-order valence-electron chi connectivity index (χ1n) is 6.15. The van der Waals surface area contributed by atoms with E-state index in [9.17, 15) is 4.79 Å². The lowest BCUT2D eigenvalue weighted by Crippen LogP contribution is -2.40. The number of rotatable bonds is 6. The molecule has 0 fully saturated rings. The number of aliphatic hydroxyl groups excluding tert-OH is 1. The molecule has 1 N–H and O–H groups in total. The molecule has 0 heterocycles. The highest BCUT2D eigenvalue weighted by molar-refractivity contribution is 8.00. The Morgan fingerprint density at radius 1 is 1.39 bits per heavy atom. The lowest BCUT2D eigenvalue weighted by molar-refractivity contribution is -0.130. The van der Waals surface area contributed by atoms with Gasteiger partial charge in [0.05, 0.1) is 12.4 Å². The van der Waals surface area contributed by atoms with Gasteiger partial charge in [-0.05, 0) is 32.4 Å². The van der Waals surface area contributed by atoms with Crippen molar-refractivity contribution in [3.8, 4) is 0 Å². The van der Waals surface area contributed by atoms with E-state index in [0.29, 0.717) is 12.3 Å². The Kier molecular flexibility index (Phi) is 6.22. The van der Waals surface area contributed by atoms with Crippen LogP contribution in [0.5, 0.6) is 0 Å². The summed E-state index contributed by atoms with van der Waals surface area (Å²) in [5.74, 6) is 0.496. The molecule has 0 saturated heterocycles. The number of carbonyl (C=O) groups excluding carboxylic acids is 1. The molecule has 0 saturated carbocycles. The van der Waals surface area contributed by atoms with Crippen LogP contribution in [0.3, 0.4) is 0 Å². The van der Waals surface area contributed by atoms with E-state index in [1.807, 2.05) is 45.0 Å². The van der Waals surface area contributed by atoms with Crippen molar-refractivity contribution in [2.24, 2.45) is 0 Å². The van der Waals surface area contributed by atoms with Crippen molar-refractivity contribution in [1.82, 2.24) is 4.90 Å². The number of amides is 1. The van der Waals surface area contributed by atoms with Crippen LogP contribution in [0, 0.1) is 6.92 Å². The van der Waals surface area contributed by atoms with Crippen molar-refractivity contribution in [2.75, 3.05) is 18.9 Å². The van der Waals surface area contributed by atoms with E-state index in [-0.39, 0.29) is 18.6 Å². The summed E-state index contributed by atoms with van der Waals surface area (Å²) < 4.78 is 0. The van der Waals surface area contributed by atoms with E-state index in [2.05, 4.69) is 0 Å². The van der Waals surface area contributed by atoms with E-state index < -0.39 is 0 Å². The minimum absolute atomic E-state index is 0.0128. The molecule has 0 atom stereocenters. The van der Waals surface area contributed by atoms with Crippen LogP contribution in [0.2, 0.25) is 0 Å². The Morgan fingerprint density at radius 2 is 2.06 bits per heavy atom. The van der Waals surface area contributed by atoms with Gasteiger partial charge in [0.1, 0.15) is 0 Å². The van der Waals surface area contributed by atoms with E-state index in [0.717, 1.165) is 4.90 Å². The van der Waals surface area contributed by atoms with Crippen LogP contribution in [-0.2, 0) is 4.79 Å². The highest BCUT2D eigenvalue weighted by atomic mass is 32.2. The molecular formula is C14H21NO2S. The first-order chi connectivity index (χ1) is 8.56. The van der Waals surface area contributed by atoms with Gasteiger partial charge in [-0.15, -0.1) is 11.8 Å². The number of benzene rings is 1. The van der Waals surface area contributed by atoms with Gasteiger partial charge in [-0.1, -0.05) is 18.2 Å². The smallest absolute Gasteiger partial charge is 0.233 e. The molecule has 0 aliphatic carbocycles. The fourth-order valence-electron chi connectivity index (χ4n) is 1.72. The number of carbonyl (C=O) groups is 1. The number of aryl methyl sites for hydroxylation is 1. The molecule has 0 radical (unpaired) electrons. The third-order valence-electron chi connectivity index (χ3n) is 2.73. The maximum Gasteiger partial charge on any atom is 0.233 e. The molecule has 18 heavy (non-hydrogen) atoms. The van der Waals surface area contributed by atoms with Crippen LogP contribution >= 0.6 is 11.8 Å². The van der Waals surface area contributed by atoms with Gasteiger partial charge in [0.2, 0.25) is 5.91 Å². The Hall–Kier alpha value is -1.00. The molecular weight excluding hydrogens is 246 g/mol. The number of hydrogen-bond donors (Lipinski definition) is 1. The zero-order valence-electron chi connectivity index (χ0n) is 11.2. The quantitative estimate of drug-likeness (QED) is 0.804. The predicted octanol–water partition coefficient (Wildman–Crippen LogP) is 2.32. The minimum Gasteiger partial charge on any atom is -0.395 e. The maximum absolute atomic E-state index is 12.1. The SMILES string of the molecule is Cc1ccccc1SCC(=O)N(CCO)C(C)C. The van der Waals surface area contributed by atoms with Gasteiger partial charge in [-0.2, -0.15) is 0 Å². The largest absolute Gasteiger partial charge is 0.395 e. The van der Waals surface area contributed by atoms with Gasteiger partial charge in [-0.25, -0.2) is 0 Å². The zero-order valence-corrected chi connectivity index (χ0v) is 12.0. The summed E-state index contributed by atoms with van der Waals surface area (Å²) in [5.41, 5.74) is 1.19. The zero-order chi connectivity index (χ0) is 13.5. The van der Waals surface area contributed by atoms with Gasteiger partial charge in [0.15, 0.2) is 0 Å². The Bertz CT molecular complexity index is 393. The average molecular weight is 267 g/mol. The second kappa shape index (κ2) is 7.44. The summed E-state index contributed by atoms with van der Waals surface area (Å²) in [6.45, 7) is 6.39. The number of thioether (sulfide) groups is 1. The summed E-state index contributed by atoms with van der Waals surface area (Å²) >= 11 is 1.55. The van der Waals surface area contributed by atoms with Crippen molar-refractivity contribution in [1.29, 1.82) is 0 Å². The van der Waals surface area contributed by atoms with E-state index >= 15 is 0 Å². The van der Waals surface area contributed by atoms with Gasteiger partial charge >= 0.3 is 0 Å². The third kappa shape index (κ3) is 4.35. The summed E-state index contributed by atoms with van der Waals surface area (Å²) in [6, 6.07) is 8.17. The number of aliphatic hydroxyl groups is 1. The summed E-state index contributed by atoms with van der Waals surface area (Å²) in [6.07, 6.45) is 0. The molecule has 1 aromatic carbocycles. The van der Waals surface area contributed by atoms with Gasteiger partial charge in [-0.3, -0.25) is 4.79 Å². The second-order valence-electron chi connectivity index (χ2n) is 4.46. The van der Waals surface area contributed by atoms with Crippen molar-refractivity contribution >= 4 is 17.7 Å². The van der Waals surface area contributed by atoms with Crippen LogP contribution < -0.4 is 0 Å². The van der Waals surface area contributed by atoms with Crippen LogP contribution in [0.1, 0.15) is 19.4 Å². The van der Waals surface area contributed by atoms with Crippen LogP contribution in [0.15, 0.2) is 29.2 Å². The fourth-order valence-corrected chi connectivity index (χ4v) is 2.63. The molecule has 0 aliphatic rings. The summed E-state index contributed by atoms with van der Waals surface area (Å²) in [7, 11) is 0. The molecule has 3 nitrogen and oxygen atoms in total. The molecule has 1 aromatic rings. The Morgan fingerprint density at radius 3 is 2.61 bits per heavy atom. The standard InChI is InChI=1S/C14H21NO2S/c1-11(2)15(8-9-16)14(17)10-18-13-7-5-4-6-12(13)3/h4-7,11,16H,8-10H2,1-3H3. The number of hydrogen-bond acceptors (Lipinski definition) is 3. The van der Waals surface area contributed by atoms with Crippen LogP contribution in [0.25, 0.3) is 0 Å². The molecule has 4 heteroatoms. The van der Waals surface area contributed by atoms with Gasteiger partial charge in [0.25, 0.3) is 0 Å². The van der Waals surface area contributed by atoms with E-state index in [4.69, 9.17) is 5.11 Å². The van der Waals surface area contributed by atoms with Crippen molar-refractivity contribution < 1.29 is 9.90 Å². The monoisotopic (exact) mass is 267 g/mol. The Balaban J connectivity index is 2.57. The van der Waals surface area contributed by atoms with Crippen LogP contribution in [-0.4, -0.2) is 40.9 Å². The van der Waals surface area contributed by atoms with Crippen molar-refractivity contribution in [3.05, 3.63) is 29.8 Å². The highest BCUT2D eigenvalue weighted by Gasteiger charge is 2.16. The third-order valence-corrected chi connectivity index (χ3v) is 3.89. The lowest BCUT2D eigenvalue weighted by Gasteiger charge is -2.25. The van der Waals surface area contributed by atoms with E-state index in [1.54, 1.807) is 16.7 Å². The lowest BCUT2D eigenvalue weighted by atomic mass is 10.2. The normalized spacial score (nSPS) is 10.7. The first-order valence-corrected chi connectivity index (χ1v) is 7.13. The number of nitrogens with zero attached hydrogens (tertiary/aromatic N) is 1. The molecule has 1 rings (SSSR count). The second-order valence-corrected chi connectivity index (χ2v) is 5.48. The van der Waals surface area contributed by atoms with Gasteiger partial charge < -0.3 is 10.0 Å². The van der Waals surface area contributed by atoms with Gasteiger partial charge in [0, 0.05) is 17.5 Å². The topological polar surface area (TPSA) is 40.5 Å². The molecule has 0 bridgehead atoms. The average Bonchev–Trinajstić information content (AvgIpc) is 2.34. The fraction of sp³-hybridized carbons (Fsp3) is 0.500. The van der Waals surface area contributed by atoms with Crippen LogP contribution in [0.4, 0.5) is 0 Å². The molecule has 0 unspecified atom stereocenters.